The van der Waals surface area contributed by atoms with E-state index < -0.39 is 0 Å². The molecule has 0 aliphatic carbocycles. The largest absolute Gasteiger partial charge is 0.330 e. The van der Waals surface area contributed by atoms with Gasteiger partial charge in [0.15, 0.2) is 0 Å². The van der Waals surface area contributed by atoms with Crippen molar-refractivity contribution in [3.63, 3.8) is 0 Å². The molecule has 2 rings (SSSR count). The van der Waals surface area contributed by atoms with Crippen molar-refractivity contribution in [1.82, 2.24) is 0 Å². The second kappa shape index (κ2) is 6.63. The van der Waals surface area contributed by atoms with E-state index in [0.29, 0.717) is 17.7 Å². The van der Waals surface area contributed by atoms with Gasteiger partial charge in [-0.3, -0.25) is 9.59 Å². The minimum atomic E-state index is -0.200. The molecule has 0 heterocycles. The van der Waals surface area contributed by atoms with Crippen molar-refractivity contribution in [3.05, 3.63) is 65.2 Å². The molecule has 0 bridgehead atoms. The van der Waals surface area contributed by atoms with Crippen LogP contribution in [0.15, 0.2) is 48.5 Å². The molecular formula is C16H16N2O2. The van der Waals surface area contributed by atoms with Gasteiger partial charge in [-0.1, -0.05) is 24.3 Å². The summed E-state index contributed by atoms with van der Waals surface area (Å²) in [5.74, 6) is -0.200. The Kier molecular flexibility index (Phi) is 4.63. The molecule has 0 atom stereocenters. The normalized spacial score (nSPS) is 10.1. The number of nitrogens with one attached hydrogen (secondary N) is 1. The van der Waals surface area contributed by atoms with Crippen molar-refractivity contribution in [2.45, 2.75) is 6.42 Å². The van der Waals surface area contributed by atoms with Crippen LogP contribution >= 0.6 is 0 Å². The molecule has 0 saturated heterocycles. The quantitative estimate of drug-likeness (QED) is 0.817. The fourth-order valence-corrected chi connectivity index (χ4v) is 1.84. The van der Waals surface area contributed by atoms with Crippen LogP contribution in [-0.4, -0.2) is 18.7 Å². The van der Waals surface area contributed by atoms with Gasteiger partial charge in [0.05, 0.1) is 0 Å². The molecule has 20 heavy (non-hydrogen) atoms. The molecule has 0 aliphatic heterocycles. The first-order valence-corrected chi connectivity index (χ1v) is 6.38. The van der Waals surface area contributed by atoms with Gasteiger partial charge >= 0.3 is 0 Å². The summed E-state index contributed by atoms with van der Waals surface area (Å²) in [7, 11) is 0. The van der Waals surface area contributed by atoms with Gasteiger partial charge in [-0.15, -0.1) is 0 Å². The van der Waals surface area contributed by atoms with E-state index >= 15 is 0 Å². The Balaban J connectivity index is 2.04. The van der Waals surface area contributed by atoms with Crippen LogP contribution in [0.25, 0.3) is 0 Å². The Labute approximate surface area is 117 Å². The molecule has 0 aliphatic rings. The second-order valence-corrected chi connectivity index (χ2v) is 4.43. The highest BCUT2D eigenvalue weighted by molar-refractivity contribution is 6.04. The Hall–Kier alpha value is -2.46. The number of aldehydes is 1. The minimum Gasteiger partial charge on any atom is -0.330 e. The molecule has 4 heteroatoms. The number of carbonyl (C=O) groups excluding carboxylic acids is 2. The summed E-state index contributed by atoms with van der Waals surface area (Å²) in [6.07, 6.45) is 1.57. The van der Waals surface area contributed by atoms with Gasteiger partial charge in [0.2, 0.25) is 0 Å². The lowest BCUT2D eigenvalue weighted by molar-refractivity contribution is 0.102. The molecular weight excluding hydrogens is 252 g/mol. The van der Waals surface area contributed by atoms with Crippen molar-refractivity contribution < 1.29 is 9.59 Å². The van der Waals surface area contributed by atoms with Gasteiger partial charge < -0.3 is 11.1 Å². The predicted octanol–water partition coefficient (Wildman–Crippen LogP) is 2.25. The topological polar surface area (TPSA) is 72.2 Å². The molecule has 0 saturated carbocycles. The van der Waals surface area contributed by atoms with E-state index in [0.717, 1.165) is 24.0 Å². The van der Waals surface area contributed by atoms with E-state index in [9.17, 15) is 9.59 Å². The summed E-state index contributed by atoms with van der Waals surface area (Å²) < 4.78 is 0. The van der Waals surface area contributed by atoms with Gasteiger partial charge in [0.25, 0.3) is 5.91 Å². The minimum absolute atomic E-state index is 0.200. The van der Waals surface area contributed by atoms with Gasteiger partial charge in [0.1, 0.15) is 6.29 Å². The number of benzene rings is 2. The van der Waals surface area contributed by atoms with Gasteiger partial charge in [0, 0.05) is 16.8 Å². The lowest BCUT2D eigenvalue weighted by atomic mass is 10.1. The monoisotopic (exact) mass is 268 g/mol. The fourth-order valence-electron chi connectivity index (χ4n) is 1.84. The number of hydrogen-bond donors (Lipinski definition) is 2. The van der Waals surface area contributed by atoms with E-state index in [1.54, 1.807) is 24.3 Å². The molecule has 0 unspecified atom stereocenters. The summed E-state index contributed by atoms with van der Waals surface area (Å²) in [6, 6.07) is 14.1. The van der Waals surface area contributed by atoms with E-state index in [2.05, 4.69) is 5.32 Å². The lowest BCUT2D eigenvalue weighted by Gasteiger charge is -2.06. The van der Waals surface area contributed by atoms with E-state index in [4.69, 9.17) is 5.73 Å². The molecule has 0 spiro atoms. The Morgan fingerprint density at radius 2 is 1.70 bits per heavy atom. The highest BCUT2D eigenvalue weighted by atomic mass is 16.1. The second-order valence-electron chi connectivity index (χ2n) is 4.43. The highest BCUT2D eigenvalue weighted by Crippen LogP contribution is 2.12. The molecule has 0 aromatic heterocycles. The Bertz CT molecular complexity index is 589. The first-order valence-electron chi connectivity index (χ1n) is 6.38. The molecule has 0 fully saturated rings. The maximum absolute atomic E-state index is 12.0. The number of hydrogen-bond acceptors (Lipinski definition) is 3. The van der Waals surface area contributed by atoms with Gasteiger partial charge in [-0.25, -0.2) is 0 Å². The summed E-state index contributed by atoms with van der Waals surface area (Å²) in [6.45, 7) is 0.606. The van der Waals surface area contributed by atoms with Crippen LogP contribution < -0.4 is 11.1 Å². The SMILES string of the molecule is NCCc1ccc(NC(=O)c2ccc(C=O)cc2)cc1. The van der Waals surface area contributed by atoms with Crippen molar-refractivity contribution in [2.24, 2.45) is 5.73 Å². The lowest BCUT2D eigenvalue weighted by Crippen LogP contribution is -2.12. The van der Waals surface area contributed by atoms with Crippen LogP contribution in [0.3, 0.4) is 0 Å². The summed E-state index contributed by atoms with van der Waals surface area (Å²) in [5.41, 5.74) is 8.42. The van der Waals surface area contributed by atoms with Crippen LogP contribution in [-0.2, 0) is 6.42 Å². The predicted molar refractivity (Wildman–Crippen MR) is 79.0 cm³/mol. The summed E-state index contributed by atoms with van der Waals surface area (Å²) >= 11 is 0. The molecule has 0 radical (unpaired) electrons. The number of amides is 1. The third-order valence-corrected chi connectivity index (χ3v) is 2.95. The van der Waals surface area contributed by atoms with E-state index in [1.165, 1.54) is 0 Å². The van der Waals surface area contributed by atoms with E-state index in [-0.39, 0.29) is 5.91 Å². The molecule has 3 N–H and O–H groups in total. The maximum atomic E-state index is 12.0. The van der Waals surface area contributed by atoms with Crippen molar-refractivity contribution in [3.8, 4) is 0 Å². The zero-order valence-corrected chi connectivity index (χ0v) is 11.0. The standard InChI is InChI=1S/C16H16N2O2/c17-10-9-12-3-7-15(8-4-12)18-16(20)14-5-1-13(11-19)2-6-14/h1-8,11H,9-10,17H2,(H,18,20). The zero-order valence-electron chi connectivity index (χ0n) is 11.0. The molecule has 102 valence electrons. The molecule has 1 amide bonds. The van der Waals surface area contributed by atoms with Crippen LogP contribution in [0.4, 0.5) is 5.69 Å². The molecule has 2 aromatic carbocycles. The van der Waals surface area contributed by atoms with Crippen LogP contribution in [0.1, 0.15) is 26.3 Å². The van der Waals surface area contributed by atoms with Crippen LogP contribution in [0.2, 0.25) is 0 Å². The van der Waals surface area contributed by atoms with Crippen LogP contribution in [0, 0.1) is 0 Å². The number of nitrogens with two attached hydrogens (primary N) is 1. The van der Waals surface area contributed by atoms with Gasteiger partial charge in [-0.2, -0.15) is 0 Å². The zero-order chi connectivity index (χ0) is 14.4. The fraction of sp³-hybridized carbons (Fsp3) is 0.125. The van der Waals surface area contributed by atoms with Crippen molar-refractivity contribution >= 4 is 17.9 Å². The number of rotatable bonds is 5. The third-order valence-electron chi connectivity index (χ3n) is 2.95. The maximum Gasteiger partial charge on any atom is 0.255 e. The number of carbonyl (C=O) groups is 2. The highest BCUT2D eigenvalue weighted by Gasteiger charge is 2.05. The first-order chi connectivity index (χ1) is 9.72. The third kappa shape index (κ3) is 3.52. The summed E-state index contributed by atoms with van der Waals surface area (Å²) in [5, 5.41) is 2.81. The smallest absolute Gasteiger partial charge is 0.255 e. The molecule has 4 nitrogen and oxygen atoms in total. The van der Waals surface area contributed by atoms with Crippen molar-refractivity contribution in [2.75, 3.05) is 11.9 Å². The summed E-state index contributed by atoms with van der Waals surface area (Å²) in [4.78, 5) is 22.6. The first kappa shape index (κ1) is 14.0. The Morgan fingerprint density at radius 1 is 1.05 bits per heavy atom. The average Bonchev–Trinajstić information content (AvgIpc) is 2.49. The number of anilines is 1. The van der Waals surface area contributed by atoms with Crippen molar-refractivity contribution in [1.29, 1.82) is 0 Å². The van der Waals surface area contributed by atoms with Gasteiger partial charge in [-0.05, 0) is 42.8 Å². The molecule has 2 aromatic rings. The van der Waals surface area contributed by atoms with E-state index in [1.807, 2.05) is 24.3 Å². The average molecular weight is 268 g/mol. The van der Waals surface area contributed by atoms with Crippen LogP contribution in [0.5, 0.6) is 0 Å². The Morgan fingerprint density at radius 3 is 2.25 bits per heavy atom.